The highest BCUT2D eigenvalue weighted by atomic mass is 32.2. The van der Waals surface area contributed by atoms with E-state index in [1.54, 1.807) is 53.2 Å². The van der Waals surface area contributed by atoms with Crippen LogP contribution in [-0.2, 0) is 10.5 Å². The summed E-state index contributed by atoms with van der Waals surface area (Å²) in [4.78, 5) is 11.4. The van der Waals surface area contributed by atoms with E-state index in [-0.39, 0.29) is 5.97 Å². The maximum atomic E-state index is 11.4. The van der Waals surface area contributed by atoms with E-state index in [4.69, 9.17) is 0 Å². The molecule has 7 heteroatoms. The van der Waals surface area contributed by atoms with Gasteiger partial charge in [0.05, 0.1) is 18.9 Å². The zero-order chi connectivity index (χ0) is 18.4. The highest BCUT2D eigenvalue weighted by Gasteiger charge is 2.06. The Morgan fingerprint density at radius 3 is 2.62 bits per heavy atom. The fourth-order valence-electron chi connectivity index (χ4n) is 2.18. The van der Waals surface area contributed by atoms with Crippen LogP contribution in [0.1, 0.15) is 27.0 Å². The van der Waals surface area contributed by atoms with Crippen molar-refractivity contribution in [2.75, 3.05) is 7.11 Å². The molecule has 0 bridgehead atoms. The van der Waals surface area contributed by atoms with Crippen molar-refractivity contribution in [3.05, 3.63) is 77.1 Å². The van der Waals surface area contributed by atoms with E-state index in [1.165, 1.54) is 18.2 Å². The van der Waals surface area contributed by atoms with Gasteiger partial charge in [0.1, 0.15) is 6.33 Å². The average molecular weight is 366 g/mol. The second kappa shape index (κ2) is 8.44. The second-order valence-electron chi connectivity index (χ2n) is 5.59. The highest BCUT2D eigenvalue weighted by Crippen LogP contribution is 2.20. The number of thioether (sulfide) groups is 1. The van der Waals surface area contributed by atoms with Gasteiger partial charge in [-0.1, -0.05) is 53.7 Å². The first-order valence-corrected chi connectivity index (χ1v) is 8.95. The molecule has 0 atom stereocenters. The number of carbonyl (C=O) groups excluding carboxylic acids is 1. The summed E-state index contributed by atoms with van der Waals surface area (Å²) in [6.45, 7) is 2.07. The standard InChI is InChI=1S/C19H18N4O2S/c1-14-3-5-16(6-4-14)12-26-19-22-20-13-23(19)21-11-15-7-9-17(10-8-15)18(24)25-2/h3-11,13H,12H2,1-2H3/b21-11-. The fraction of sp³-hybridized carbons (Fsp3) is 0.158. The quantitative estimate of drug-likeness (QED) is 0.379. The molecule has 0 aliphatic heterocycles. The van der Waals surface area contributed by atoms with Crippen molar-refractivity contribution in [3.63, 3.8) is 0 Å². The minimum Gasteiger partial charge on any atom is -0.465 e. The lowest BCUT2D eigenvalue weighted by Crippen LogP contribution is -2.00. The Bertz CT molecular complexity index is 902. The van der Waals surface area contributed by atoms with Crippen molar-refractivity contribution in [3.8, 4) is 0 Å². The number of methoxy groups -OCH3 is 1. The molecule has 26 heavy (non-hydrogen) atoms. The Balaban J connectivity index is 1.65. The second-order valence-corrected chi connectivity index (χ2v) is 6.53. The number of carbonyl (C=O) groups is 1. The number of benzene rings is 2. The normalized spacial score (nSPS) is 11.0. The molecule has 0 radical (unpaired) electrons. The van der Waals surface area contributed by atoms with E-state index < -0.39 is 0 Å². The lowest BCUT2D eigenvalue weighted by atomic mass is 10.1. The predicted octanol–water partition coefficient (Wildman–Crippen LogP) is 3.55. The average Bonchev–Trinajstić information content (AvgIpc) is 3.13. The number of esters is 1. The van der Waals surface area contributed by atoms with Gasteiger partial charge in [-0.15, -0.1) is 10.2 Å². The van der Waals surface area contributed by atoms with Crippen LogP contribution in [0.2, 0.25) is 0 Å². The maximum Gasteiger partial charge on any atom is 0.337 e. The molecule has 0 saturated carbocycles. The Kier molecular flexibility index (Phi) is 5.80. The van der Waals surface area contributed by atoms with E-state index in [0.29, 0.717) is 10.7 Å². The van der Waals surface area contributed by atoms with Crippen LogP contribution in [0, 0.1) is 6.92 Å². The molecule has 0 aliphatic carbocycles. The van der Waals surface area contributed by atoms with Gasteiger partial charge in [-0.05, 0) is 30.2 Å². The molecule has 3 rings (SSSR count). The van der Waals surface area contributed by atoms with Crippen LogP contribution in [0.15, 0.2) is 65.1 Å². The van der Waals surface area contributed by atoms with Gasteiger partial charge in [-0.2, -0.15) is 9.78 Å². The SMILES string of the molecule is COC(=O)c1ccc(/C=N\n2cnnc2SCc2ccc(C)cc2)cc1. The van der Waals surface area contributed by atoms with Gasteiger partial charge in [-0.3, -0.25) is 0 Å². The number of ether oxygens (including phenoxy) is 1. The Labute approximate surface area is 155 Å². The van der Waals surface area contributed by atoms with E-state index in [9.17, 15) is 4.79 Å². The maximum absolute atomic E-state index is 11.4. The van der Waals surface area contributed by atoms with Gasteiger partial charge >= 0.3 is 5.97 Å². The lowest BCUT2D eigenvalue weighted by molar-refractivity contribution is 0.0600. The molecule has 1 heterocycles. The van der Waals surface area contributed by atoms with Crippen LogP contribution in [0.4, 0.5) is 0 Å². The molecule has 0 fully saturated rings. The zero-order valence-corrected chi connectivity index (χ0v) is 15.3. The molecule has 0 amide bonds. The van der Waals surface area contributed by atoms with Crippen LogP contribution < -0.4 is 0 Å². The molecule has 1 aromatic heterocycles. The Hall–Kier alpha value is -2.93. The van der Waals surface area contributed by atoms with Gasteiger partial charge in [-0.25, -0.2) is 4.79 Å². The smallest absolute Gasteiger partial charge is 0.337 e. The summed E-state index contributed by atoms with van der Waals surface area (Å²) in [5, 5.41) is 13.1. The summed E-state index contributed by atoms with van der Waals surface area (Å²) in [6, 6.07) is 15.4. The van der Waals surface area contributed by atoms with Crippen molar-refractivity contribution in [2.45, 2.75) is 17.8 Å². The first kappa shape index (κ1) is 17.9. The van der Waals surface area contributed by atoms with Gasteiger partial charge < -0.3 is 4.74 Å². The first-order chi connectivity index (χ1) is 12.7. The van der Waals surface area contributed by atoms with Gasteiger partial charge in [0.2, 0.25) is 5.16 Å². The number of rotatable bonds is 6. The van der Waals surface area contributed by atoms with E-state index in [2.05, 4.69) is 51.2 Å². The minimum atomic E-state index is -0.359. The number of aryl methyl sites for hydroxylation is 1. The fourth-order valence-corrected chi connectivity index (χ4v) is 3.00. The van der Waals surface area contributed by atoms with E-state index >= 15 is 0 Å². The van der Waals surface area contributed by atoms with Gasteiger partial charge in [0, 0.05) is 5.75 Å². The molecular weight excluding hydrogens is 348 g/mol. The monoisotopic (exact) mass is 366 g/mol. The summed E-state index contributed by atoms with van der Waals surface area (Å²) in [6.07, 6.45) is 3.26. The van der Waals surface area contributed by atoms with Crippen molar-refractivity contribution in [2.24, 2.45) is 5.10 Å². The molecule has 0 saturated heterocycles. The number of aromatic nitrogens is 3. The predicted molar refractivity (Wildman–Crippen MR) is 102 cm³/mol. The van der Waals surface area contributed by atoms with Crippen LogP contribution in [0.25, 0.3) is 0 Å². The summed E-state index contributed by atoms with van der Waals surface area (Å²) in [5.74, 6) is 0.435. The number of nitrogens with zero attached hydrogens (tertiary/aromatic N) is 4. The van der Waals surface area contributed by atoms with Crippen LogP contribution in [0.3, 0.4) is 0 Å². The van der Waals surface area contributed by atoms with Gasteiger partial charge in [0.25, 0.3) is 0 Å². The molecule has 6 nitrogen and oxygen atoms in total. The van der Waals surface area contributed by atoms with Gasteiger partial charge in [0.15, 0.2) is 0 Å². The third-order valence-corrected chi connectivity index (χ3v) is 4.66. The minimum absolute atomic E-state index is 0.359. The number of hydrogen-bond donors (Lipinski definition) is 0. The van der Waals surface area contributed by atoms with Crippen LogP contribution in [-0.4, -0.2) is 34.2 Å². The zero-order valence-electron chi connectivity index (χ0n) is 14.5. The molecule has 3 aromatic rings. The van der Waals surface area contributed by atoms with Crippen LogP contribution in [0.5, 0.6) is 0 Å². The summed E-state index contributed by atoms with van der Waals surface area (Å²) in [5.41, 5.74) is 3.83. The lowest BCUT2D eigenvalue weighted by Gasteiger charge is -2.02. The molecule has 0 unspecified atom stereocenters. The molecule has 2 aromatic carbocycles. The van der Waals surface area contributed by atoms with E-state index in [0.717, 1.165) is 11.3 Å². The van der Waals surface area contributed by atoms with Crippen molar-refractivity contribution in [1.29, 1.82) is 0 Å². The first-order valence-electron chi connectivity index (χ1n) is 7.97. The summed E-state index contributed by atoms with van der Waals surface area (Å²) in [7, 11) is 1.36. The topological polar surface area (TPSA) is 69.4 Å². The largest absolute Gasteiger partial charge is 0.465 e. The van der Waals surface area contributed by atoms with Crippen molar-refractivity contribution in [1.82, 2.24) is 14.9 Å². The molecule has 132 valence electrons. The highest BCUT2D eigenvalue weighted by molar-refractivity contribution is 7.98. The van der Waals surface area contributed by atoms with Crippen LogP contribution >= 0.6 is 11.8 Å². The van der Waals surface area contributed by atoms with Crippen molar-refractivity contribution >= 4 is 23.9 Å². The summed E-state index contributed by atoms with van der Waals surface area (Å²) < 4.78 is 6.32. The Morgan fingerprint density at radius 2 is 1.92 bits per heavy atom. The third kappa shape index (κ3) is 4.58. The molecular formula is C19H18N4O2S. The number of hydrogen-bond acceptors (Lipinski definition) is 6. The molecule has 0 spiro atoms. The summed E-state index contributed by atoms with van der Waals surface area (Å²) >= 11 is 1.57. The molecule has 0 N–H and O–H groups in total. The van der Waals surface area contributed by atoms with E-state index in [1.807, 2.05) is 0 Å². The third-order valence-electron chi connectivity index (χ3n) is 3.65. The molecule has 0 aliphatic rings. The van der Waals surface area contributed by atoms with Crippen molar-refractivity contribution < 1.29 is 9.53 Å². The Morgan fingerprint density at radius 1 is 1.19 bits per heavy atom.